The first-order valence-electron chi connectivity index (χ1n) is 4.97. The van der Waals surface area contributed by atoms with E-state index in [-0.39, 0.29) is 5.82 Å². The third-order valence-electron chi connectivity index (χ3n) is 2.33. The van der Waals surface area contributed by atoms with Crippen LogP contribution in [0.3, 0.4) is 0 Å². The quantitative estimate of drug-likeness (QED) is 0.779. The van der Waals surface area contributed by atoms with E-state index in [1.165, 1.54) is 6.07 Å². The molecule has 4 heteroatoms. The van der Waals surface area contributed by atoms with E-state index in [1.807, 2.05) is 0 Å². The molecule has 0 aliphatic heterocycles. The van der Waals surface area contributed by atoms with Crippen molar-refractivity contribution >= 4 is 5.69 Å². The molecule has 0 spiro atoms. The van der Waals surface area contributed by atoms with E-state index in [9.17, 15) is 4.39 Å². The smallest absolute Gasteiger partial charge is 0.191 e. The fourth-order valence-electron chi connectivity index (χ4n) is 1.50. The van der Waals surface area contributed by atoms with Gasteiger partial charge in [-0.3, -0.25) is 0 Å². The van der Waals surface area contributed by atoms with Crippen molar-refractivity contribution in [2.24, 2.45) is 0 Å². The average Bonchev–Trinajstić information content (AvgIpc) is 2.65. The molecule has 3 nitrogen and oxygen atoms in total. The van der Waals surface area contributed by atoms with Crippen molar-refractivity contribution < 1.29 is 8.81 Å². The fraction of sp³-hybridized carbons (Fsp3) is 0.250. The SMILES string of the molecule is Cc1ncc(-c2ccc(F)c(N(C)C)c2)o1. The number of hydrogen-bond donors (Lipinski definition) is 0. The molecule has 0 radical (unpaired) electrons. The Labute approximate surface area is 93.5 Å². The summed E-state index contributed by atoms with van der Waals surface area (Å²) in [7, 11) is 3.60. The number of hydrogen-bond acceptors (Lipinski definition) is 3. The minimum Gasteiger partial charge on any atom is -0.441 e. The molecule has 16 heavy (non-hydrogen) atoms. The molecule has 1 aromatic heterocycles. The van der Waals surface area contributed by atoms with Gasteiger partial charge in [-0.05, 0) is 18.2 Å². The van der Waals surface area contributed by atoms with Gasteiger partial charge in [-0.1, -0.05) is 0 Å². The molecule has 2 aromatic rings. The minimum absolute atomic E-state index is 0.245. The van der Waals surface area contributed by atoms with Gasteiger partial charge in [-0.15, -0.1) is 0 Å². The summed E-state index contributed by atoms with van der Waals surface area (Å²) in [5.41, 5.74) is 1.36. The van der Waals surface area contributed by atoms with E-state index in [0.717, 1.165) is 5.56 Å². The predicted molar refractivity (Wildman–Crippen MR) is 61.0 cm³/mol. The van der Waals surface area contributed by atoms with Crippen LogP contribution in [0.25, 0.3) is 11.3 Å². The number of aromatic nitrogens is 1. The van der Waals surface area contributed by atoms with E-state index in [0.29, 0.717) is 17.3 Å². The second kappa shape index (κ2) is 3.96. The Hall–Kier alpha value is -1.84. The summed E-state index contributed by atoms with van der Waals surface area (Å²) >= 11 is 0. The Morgan fingerprint density at radius 3 is 2.62 bits per heavy atom. The zero-order valence-electron chi connectivity index (χ0n) is 9.49. The molecule has 0 saturated carbocycles. The summed E-state index contributed by atoms with van der Waals surface area (Å²) < 4.78 is 18.8. The van der Waals surface area contributed by atoms with Gasteiger partial charge in [0.2, 0.25) is 0 Å². The van der Waals surface area contributed by atoms with Crippen LogP contribution in [0.15, 0.2) is 28.8 Å². The second-order valence-corrected chi connectivity index (χ2v) is 3.80. The van der Waals surface area contributed by atoms with Crippen molar-refractivity contribution in [2.75, 3.05) is 19.0 Å². The number of anilines is 1. The Bertz CT molecular complexity index is 505. The number of nitrogens with zero attached hydrogens (tertiary/aromatic N) is 2. The van der Waals surface area contributed by atoms with Crippen molar-refractivity contribution in [3.8, 4) is 11.3 Å². The molecule has 0 unspecified atom stereocenters. The largest absolute Gasteiger partial charge is 0.441 e. The normalized spacial score (nSPS) is 10.5. The highest BCUT2D eigenvalue weighted by Gasteiger charge is 2.09. The van der Waals surface area contributed by atoms with Gasteiger partial charge < -0.3 is 9.32 Å². The van der Waals surface area contributed by atoms with Crippen LogP contribution < -0.4 is 4.90 Å². The van der Waals surface area contributed by atoms with Crippen molar-refractivity contribution in [1.29, 1.82) is 0 Å². The van der Waals surface area contributed by atoms with Crippen molar-refractivity contribution in [1.82, 2.24) is 4.98 Å². The van der Waals surface area contributed by atoms with Gasteiger partial charge >= 0.3 is 0 Å². The molecular formula is C12H13FN2O. The number of oxazole rings is 1. The molecule has 0 bridgehead atoms. The topological polar surface area (TPSA) is 29.3 Å². The third-order valence-corrected chi connectivity index (χ3v) is 2.33. The molecule has 0 N–H and O–H groups in total. The number of aryl methyl sites for hydroxylation is 1. The van der Waals surface area contributed by atoms with E-state index < -0.39 is 0 Å². The average molecular weight is 220 g/mol. The first kappa shape index (κ1) is 10.7. The summed E-state index contributed by atoms with van der Waals surface area (Å²) in [6.45, 7) is 1.78. The maximum absolute atomic E-state index is 13.5. The standard InChI is InChI=1S/C12H13FN2O/c1-8-14-7-12(16-8)9-4-5-10(13)11(6-9)15(2)3/h4-7H,1-3H3. The van der Waals surface area contributed by atoms with Crippen LogP contribution in [-0.2, 0) is 0 Å². The Balaban J connectivity index is 2.47. The molecular weight excluding hydrogens is 207 g/mol. The summed E-state index contributed by atoms with van der Waals surface area (Å²) in [5.74, 6) is 1.01. The summed E-state index contributed by atoms with van der Waals surface area (Å²) in [5, 5.41) is 0. The number of halogens is 1. The maximum Gasteiger partial charge on any atom is 0.191 e. The van der Waals surface area contributed by atoms with Crippen LogP contribution in [0, 0.1) is 12.7 Å². The third kappa shape index (κ3) is 1.91. The minimum atomic E-state index is -0.245. The van der Waals surface area contributed by atoms with Gasteiger partial charge in [0.25, 0.3) is 0 Å². The lowest BCUT2D eigenvalue weighted by Gasteiger charge is -2.14. The number of rotatable bonds is 2. The van der Waals surface area contributed by atoms with Crippen LogP contribution in [-0.4, -0.2) is 19.1 Å². The molecule has 1 heterocycles. The first-order chi connectivity index (χ1) is 7.58. The molecule has 0 amide bonds. The highest BCUT2D eigenvalue weighted by atomic mass is 19.1. The Kier molecular flexibility index (Phi) is 2.64. The van der Waals surface area contributed by atoms with Crippen molar-refractivity contribution in [2.45, 2.75) is 6.92 Å². The highest BCUT2D eigenvalue weighted by Crippen LogP contribution is 2.26. The molecule has 0 aliphatic rings. The van der Waals surface area contributed by atoms with Gasteiger partial charge in [0, 0.05) is 26.6 Å². The molecule has 84 valence electrons. The van der Waals surface area contributed by atoms with E-state index in [1.54, 1.807) is 44.2 Å². The zero-order chi connectivity index (χ0) is 11.7. The highest BCUT2D eigenvalue weighted by molar-refractivity contribution is 5.64. The molecule has 2 rings (SSSR count). The van der Waals surface area contributed by atoms with Crippen molar-refractivity contribution in [3.63, 3.8) is 0 Å². The lowest BCUT2D eigenvalue weighted by molar-refractivity contribution is 0.534. The second-order valence-electron chi connectivity index (χ2n) is 3.80. The summed E-state index contributed by atoms with van der Waals surface area (Å²) in [4.78, 5) is 5.74. The lowest BCUT2D eigenvalue weighted by Crippen LogP contribution is -2.10. The molecule has 0 atom stereocenters. The van der Waals surface area contributed by atoms with E-state index in [2.05, 4.69) is 4.98 Å². The maximum atomic E-state index is 13.5. The monoisotopic (exact) mass is 220 g/mol. The first-order valence-corrected chi connectivity index (χ1v) is 4.97. The van der Waals surface area contributed by atoms with Crippen LogP contribution in [0.4, 0.5) is 10.1 Å². The number of benzene rings is 1. The summed E-state index contributed by atoms with van der Waals surface area (Å²) in [6.07, 6.45) is 1.64. The van der Waals surface area contributed by atoms with Crippen LogP contribution in [0.1, 0.15) is 5.89 Å². The lowest BCUT2D eigenvalue weighted by atomic mass is 10.1. The molecule has 0 fully saturated rings. The Morgan fingerprint density at radius 1 is 1.31 bits per heavy atom. The van der Waals surface area contributed by atoms with Gasteiger partial charge in [0.15, 0.2) is 11.7 Å². The van der Waals surface area contributed by atoms with Crippen LogP contribution in [0.5, 0.6) is 0 Å². The van der Waals surface area contributed by atoms with Crippen LogP contribution in [0.2, 0.25) is 0 Å². The zero-order valence-corrected chi connectivity index (χ0v) is 9.49. The van der Waals surface area contributed by atoms with Crippen molar-refractivity contribution in [3.05, 3.63) is 36.1 Å². The fourth-order valence-corrected chi connectivity index (χ4v) is 1.50. The van der Waals surface area contributed by atoms with Gasteiger partial charge in [0.1, 0.15) is 5.82 Å². The molecule has 0 aliphatic carbocycles. The molecule has 0 saturated heterocycles. The van der Waals surface area contributed by atoms with E-state index >= 15 is 0 Å². The van der Waals surface area contributed by atoms with Crippen LogP contribution >= 0.6 is 0 Å². The predicted octanol–water partition coefficient (Wildman–Crippen LogP) is 2.86. The summed E-state index contributed by atoms with van der Waals surface area (Å²) in [6, 6.07) is 4.86. The van der Waals surface area contributed by atoms with Gasteiger partial charge in [-0.2, -0.15) is 0 Å². The Morgan fingerprint density at radius 2 is 2.06 bits per heavy atom. The molecule has 1 aromatic carbocycles. The van der Waals surface area contributed by atoms with Gasteiger partial charge in [0.05, 0.1) is 11.9 Å². The van der Waals surface area contributed by atoms with Gasteiger partial charge in [-0.25, -0.2) is 9.37 Å². The van der Waals surface area contributed by atoms with E-state index in [4.69, 9.17) is 4.42 Å².